The van der Waals surface area contributed by atoms with E-state index in [1.54, 1.807) is 0 Å². The lowest BCUT2D eigenvalue weighted by molar-refractivity contribution is -0.117. The Hall–Kier alpha value is -2.90. The van der Waals surface area contributed by atoms with Crippen LogP contribution in [0.1, 0.15) is 10.6 Å². The van der Waals surface area contributed by atoms with E-state index in [9.17, 15) is 18.8 Å². The highest BCUT2D eigenvalue weighted by Crippen LogP contribution is 2.08. The number of hydrogen-bond donors (Lipinski definition) is 1. The van der Waals surface area contributed by atoms with E-state index in [0.717, 1.165) is 13.2 Å². The van der Waals surface area contributed by atoms with Crippen LogP contribution in [0, 0.1) is 5.82 Å². The van der Waals surface area contributed by atoms with Crippen LogP contribution >= 0.6 is 0 Å². The average Bonchev–Trinajstić information content (AvgIpc) is 2.82. The summed E-state index contributed by atoms with van der Waals surface area (Å²) in [4.78, 5) is 34.4. The van der Waals surface area contributed by atoms with Crippen molar-refractivity contribution in [3.63, 3.8) is 0 Å². The number of carbonyl (C=O) groups excluding carboxylic acids is 2. The summed E-state index contributed by atoms with van der Waals surface area (Å²) in [5, 5.41) is 2.46. The van der Waals surface area contributed by atoms with Gasteiger partial charge in [-0.05, 0) is 24.3 Å². The number of methoxy groups -OCH3 is 1. The number of benzene rings is 1. The number of hydrogen-bond acceptors (Lipinski definition) is 5. The third kappa shape index (κ3) is 3.56. The first-order valence-electron chi connectivity index (χ1n) is 5.84. The molecule has 0 saturated carbocycles. The predicted molar refractivity (Wildman–Crippen MR) is 69.3 cm³/mol. The zero-order valence-electron chi connectivity index (χ0n) is 11.0. The van der Waals surface area contributed by atoms with Gasteiger partial charge in [-0.3, -0.25) is 9.59 Å². The van der Waals surface area contributed by atoms with Crippen molar-refractivity contribution in [2.24, 2.45) is 0 Å². The second-order valence-electron chi connectivity index (χ2n) is 4.02. The number of carbonyl (C=O) groups is 2. The van der Waals surface area contributed by atoms with Gasteiger partial charge in [0.1, 0.15) is 12.4 Å². The maximum atomic E-state index is 12.7. The van der Waals surface area contributed by atoms with E-state index >= 15 is 0 Å². The molecule has 0 saturated heterocycles. The van der Waals surface area contributed by atoms with E-state index < -0.39 is 29.8 Å². The molecule has 0 bridgehead atoms. The molecule has 0 fully saturated rings. The lowest BCUT2D eigenvalue weighted by Gasteiger charge is -2.04. The largest absolute Gasteiger partial charge is 0.463 e. The molecule has 2 rings (SSSR count). The molecule has 7 nitrogen and oxygen atoms in total. The minimum atomic E-state index is -0.815. The summed E-state index contributed by atoms with van der Waals surface area (Å²) in [6, 6.07) is 6.04. The molecule has 1 N–H and O–H groups in total. The van der Waals surface area contributed by atoms with Crippen LogP contribution in [0.25, 0.3) is 0 Å². The molecule has 8 heteroatoms. The van der Waals surface area contributed by atoms with Gasteiger partial charge < -0.3 is 14.6 Å². The summed E-state index contributed by atoms with van der Waals surface area (Å²) in [5.41, 5.74) is -0.279. The van der Waals surface area contributed by atoms with Crippen LogP contribution in [0.2, 0.25) is 0 Å². The van der Waals surface area contributed by atoms with Crippen LogP contribution in [-0.4, -0.2) is 23.7 Å². The SMILES string of the molecule is COC(=O)c1cc(=O)n(CC(=O)Nc2ccc(F)cc2)o1. The highest BCUT2D eigenvalue weighted by atomic mass is 19.1. The highest BCUT2D eigenvalue weighted by molar-refractivity contribution is 5.90. The van der Waals surface area contributed by atoms with Crippen LogP contribution in [0.3, 0.4) is 0 Å². The lowest BCUT2D eigenvalue weighted by Crippen LogP contribution is -2.24. The van der Waals surface area contributed by atoms with Gasteiger partial charge in [0.05, 0.1) is 13.2 Å². The molecule has 1 amide bonds. The first kappa shape index (κ1) is 14.5. The molecule has 1 heterocycles. The fourth-order valence-electron chi connectivity index (χ4n) is 1.55. The van der Waals surface area contributed by atoms with Crippen molar-refractivity contribution in [3.05, 3.63) is 52.3 Å². The van der Waals surface area contributed by atoms with Crippen LogP contribution in [0.15, 0.2) is 39.6 Å². The second kappa shape index (κ2) is 6.04. The Bertz CT molecular complexity index is 717. The summed E-state index contributed by atoms with van der Waals surface area (Å²) in [5.74, 6) is -2.10. The normalized spacial score (nSPS) is 10.2. The van der Waals surface area contributed by atoms with Crippen LogP contribution in [0.5, 0.6) is 0 Å². The monoisotopic (exact) mass is 294 g/mol. The molecule has 2 aromatic rings. The van der Waals surface area contributed by atoms with E-state index in [1.807, 2.05) is 0 Å². The molecule has 0 unspecified atom stereocenters. The molecule has 0 spiro atoms. The number of anilines is 1. The molecule has 0 aliphatic carbocycles. The number of ether oxygens (including phenoxy) is 1. The first-order chi connectivity index (χ1) is 9.99. The van der Waals surface area contributed by atoms with Crippen molar-refractivity contribution in [1.82, 2.24) is 4.74 Å². The number of rotatable bonds is 4. The molecule has 0 radical (unpaired) electrons. The minimum absolute atomic E-state index is 0.294. The van der Waals surface area contributed by atoms with Gasteiger partial charge in [0.25, 0.3) is 5.56 Å². The van der Waals surface area contributed by atoms with Gasteiger partial charge in [0.15, 0.2) is 0 Å². The Morgan fingerprint density at radius 1 is 1.33 bits per heavy atom. The molecule has 0 aliphatic heterocycles. The van der Waals surface area contributed by atoms with E-state index in [0.29, 0.717) is 10.4 Å². The van der Waals surface area contributed by atoms with Gasteiger partial charge in [0.2, 0.25) is 11.7 Å². The molecular weight excluding hydrogens is 283 g/mol. The van der Waals surface area contributed by atoms with Crippen molar-refractivity contribution in [2.45, 2.75) is 6.54 Å². The van der Waals surface area contributed by atoms with E-state index in [1.165, 1.54) is 24.3 Å². The van der Waals surface area contributed by atoms with Crippen molar-refractivity contribution in [1.29, 1.82) is 0 Å². The summed E-state index contributed by atoms with van der Waals surface area (Å²) in [6.07, 6.45) is 0. The Balaban J connectivity index is 2.06. The molecule has 21 heavy (non-hydrogen) atoms. The number of esters is 1. The van der Waals surface area contributed by atoms with Gasteiger partial charge in [0, 0.05) is 5.69 Å². The number of nitrogens with zero attached hydrogens (tertiary/aromatic N) is 1. The number of amides is 1. The molecule has 1 aromatic heterocycles. The maximum Gasteiger partial charge on any atom is 0.376 e. The molecule has 0 aliphatic rings. The summed E-state index contributed by atoms with van der Waals surface area (Å²) < 4.78 is 22.7. The van der Waals surface area contributed by atoms with Crippen molar-refractivity contribution in [2.75, 3.05) is 12.4 Å². The van der Waals surface area contributed by atoms with E-state index in [2.05, 4.69) is 10.1 Å². The summed E-state index contributed by atoms with van der Waals surface area (Å²) >= 11 is 0. The maximum absolute atomic E-state index is 12.7. The third-order valence-corrected chi connectivity index (χ3v) is 2.51. The topological polar surface area (TPSA) is 90.5 Å². The zero-order valence-corrected chi connectivity index (χ0v) is 11.0. The minimum Gasteiger partial charge on any atom is -0.463 e. The van der Waals surface area contributed by atoms with Crippen molar-refractivity contribution >= 4 is 17.6 Å². The van der Waals surface area contributed by atoms with Crippen molar-refractivity contribution < 1.29 is 23.2 Å². The summed E-state index contributed by atoms with van der Waals surface area (Å²) in [7, 11) is 1.14. The Morgan fingerprint density at radius 2 is 2.00 bits per heavy atom. The van der Waals surface area contributed by atoms with Gasteiger partial charge >= 0.3 is 5.97 Å². The molecule has 1 aromatic carbocycles. The number of nitrogens with one attached hydrogen (secondary N) is 1. The fourth-order valence-corrected chi connectivity index (χ4v) is 1.55. The summed E-state index contributed by atoms with van der Waals surface area (Å²) in [6.45, 7) is -0.423. The molecule has 110 valence electrons. The van der Waals surface area contributed by atoms with E-state index in [4.69, 9.17) is 4.52 Å². The lowest BCUT2D eigenvalue weighted by atomic mass is 10.3. The highest BCUT2D eigenvalue weighted by Gasteiger charge is 2.16. The first-order valence-corrected chi connectivity index (χ1v) is 5.84. The fraction of sp³-hybridized carbons (Fsp3) is 0.154. The Morgan fingerprint density at radius 3 is 2.62 bits per heavy atom. The zero-order chi connectivity index (χ0) is 15.4. The van der Waals surface area contributed by atoms with Crippen LogP contribution in [0.4, 0.5) is 10.1 Å². The van der Waals surface area contributed by atoms with Gasteiger partial charge in [-0.2, -0.15) is 4.74 Å². The Kier molecular flexibility index (Phi) is 4.17. The second-order valence-corrected chi connectivity index (χ2v) is 4.02. The average molecular weight is 294 g/mol. The Labute approximate surface area is 117 Å². The van der Waals surface area contributed by atoms with Gasteiger partial charge in [-0.25, -0.2) is 9.18 Å². The predicted octanol–water partition coefficient (Wildman–Crippen LogP) is 1.01. The smallest absolute Gasteiger partial charge is 0.376 e. The van der Waals surface area contributed by atoms with E-state index in [-0.39, 0.29) is 5.76 Å². The van der Waals surface area contributed by atoms with Crippen LogP contribution < -0.4 is 10.9 Å². The quantitative estimate of drug-likeness (QED) is 0.850. The number of halogens is 1. The molecular formula is C13H11FN2O5. The van der Waals surface area contributed by atoms with Crippen LogP contribution in [-0.2, 0) is 16.1 Å². The standard InChI is InChI=1S/C13H11FN2O5/c1-20-13(19)10-6-12(18)16(21-10)7-11(17)15-9-4-2-8(14)3-5-9/h2-6H,7H2,1H3,(H,15,17). The van der Waals surface area contributed by atoms with Gasteiger partial charge in [-0.1, -0.05) is 0 Å². The van der Waals surface area contributed by atoms with Gasteiger partial charge in [-0.15, -0.1) is 0 Å². The van der Waals surface area contributed by atoms with Crippen molar-refractivity contribution in [3.8, 4) is 0 Å². The molecule has 0 atom stereocenters. The number of aromatic nitrogens is 1. The third-order valence-electron chi connectivity index (χ3n) is 2.51.